The standard InChI is InChI=1S/C18H36N2/c1-5-20-11-6-7-16(10-12-20)19-18-13-15(4)8-9-17(18)14(2)3/h14-19H,5-13H2,1-4H3. The maximum atomic E-state index is 4.08. The molecule has 2 nitrogen and oxygen atoms in total. The second-order valence-electron chi connectivity index (χ2n) is 7.66. The van der Waals surface area contributed by atoms with E-state index in [9.17, 15) is 0 Å². The second kappa shape index (κ2) is 7.79. The Bertz CT molecular complexity index is 277. The highest BCUT2D eigenvalue weighted by Gasteiger charge is 2.32. The monoisotopic (exact) mass is 280 g/mol. The van der Waals surface area contributed by atoms with Gasteiger partial charge in [0.15, 0.2) is 0 Å². The Labute approximate surface area is 126 Å². The zero-order valence-corrected chi connectivity index (χ0v) is 14.2. The molecular weight excluding hydrogens is 244 g/mol. The smallest absolute Gasteiger partial charge is 0.0103 e. The summed E-state index contributed by atoms with van der Waals surface area (Å²) in [6, 6.07) is 1.54. The van der Waals surface area contributed by atoms with Crippen LogP contribution in [0.4, 0.5) is 0 Å². The van der Waals surface area contributed by atoms with E-state index in [1.807, 2.05) is 0 Å². The largest absolute Gasteiger partial charge is 0.311 e. The van der Waals surface area contributed by atoms with Gasteiger partial charge in [-0.25, -0.2) is 0 Å². The Hall–Kier alpha value is -0.0800. The van der Waals surface area contributed by atoms with Gasteiger partial charge in [0, 0.05) is 12.1 Å². The minimum Gasteiger partial charge on any atom is -0.311 e. The van der Waals surface area contributed by atoms with Crippen LogP contribution in [0.1, 0.15) is 66.2 Å². The lowest BCUT2D eigenvalue weighted by Crippen LogP contribution is -2.47. The van der Waals surface area contributed by atoms with Crippen LogP contribution in [0.25, 0.3) is 0 Å². The zero-order valence-electron chi connectivity index (χ0n) is 14.2. The van der Waals surface area contributed by atoms with E-state index in [4.69, 9.17) is 0 Å². The van der Waals surface area contributed by atoms with Crippen molar-refractivity contribution in [3.8, 4) is 0 Å². The average molecular weight is 281 g/mol. The molecule has 2 fully saturated rings. The first-order valence-electron chi connectivity index (χ1n) is 9.08. The summed E-state index contributed by atoms with van der Waals surface area (Å²) >= 11 is 0. The SMILES string of the molecule is CCN1CCCC(NC2CC(C)CCC2C(C)C)CC1. The number of nitrogens with zero attached hydrogens (tertiary/aromatic N) is 1. The van der Waals surface area contributed by atoms with Crippen molar-refractivity contribution in [2.24, 2.45) is 17.8 Å². The Kier molecular flexibility index (Phi) is 6.35. The Morgan fingerprint density at radius 3 is 2.60 bits per heavy atom. The molecule has 0 aromatic rings. The van der Waals surface area contributed by atoms with Gasteiger partial charge in [-0.3, -0.25) is 0 Å². The molecule has 0 aromatic heterocycles. The molecule has 0 spiro atoms. The van der Waals surface area contributed by atoms with E-state index in [-0.39, 0.29) is 0 Å². The third-order valence-corrected chi connectivity index (χ3v) is 5.74. The predicted octanol–water partition coefficient (Wildman–Crippen LogP) is 3.91. The molecule has 2 heteroatoms. The van der Waals surface area contributed by atoms with Crippen LogP contribution in [0, 0.1) is 17.8 Å². The topological polar surface area (TPSA) is 15.3 Å². The molecule has 1 saturated heterocycles. The summed E-state index contributed by atoms with van der Waals surface area (Å²) in [6.07, 6.45) is 8.38. The number of hydrogen-bond donors (Lipinski definition) is 1. The van der Waals surface area contributed by atoms with E-state index >= 15 is 0 Å². The van der Waals surface area contributed by atoms with Crippen LogP contribution in [-0.2, 0) is 0 Å². The maximum absolute atomic E-state index is 4.08. The van der Waals surface area contributed by atoms with Crippen LogP contribution in [0.2, 0.25) is 0 Å². The Morgan fingerprint density at radius 2 is 1.90 bits per heavy atom. The number of rotatable bonds is 4. The molecule has 0 amide bonds. The van der Waals surface area contributed by atoms with E-state index in [1.54, 1.807) is 0 Å². The third kappa shape index (κ3) is 4.46. The van der Waals surface area contributed by atoms with Crippen LogP contribution in [0.3, 0.4) is 0 Å². The minimum absolute atomic E-state index is 0.767. The Balaban J connectivity index is 1.89. The number of likely N-dealkylation sites (tertiary alicyclic amines) is 1. The van der Waals surface area contributed by atoms with Gasteiger partial charge in [0.05, 0.1) is 0 Å². The molecule has 1 N–H and O–H groups in total. The fourth-order valence-corrected chi connectivity index (χ4v) is 4.34. The second-order valence-corrected chi connectivity index (χ2v) is 7.66. The highest BCUT2D eigenvalue weighted by Crippen LogP contribution is 2.34. The first-order chi connectivity index (χ1) is 9.60. The number of nitrogens with one attached hydrogen (secondary N) is 1. The molecule has 1 heterocycles. The van der Waals surface area contributed by atoms with Gasteiger partial charge in [-0.15, -0.1) is 0 Å². The summed E-state index contributed by atoms with van der Waals surface area (Å²) in [6.45, 7) is 13.4. The van der Waals surface area contributed by atoms with Crippen molar-refractivity contribution >= 4 is 0 Å². The van der Waals surface area contributed by atoms with E-state index in [2.05, 4.69) is 37.9 Å². The summed E-state index contributed by atoms with van der Waals surface area (Å²) in [4.78, 5) is 2.62. The molecule has 2 rings (SSSR count). The van der Waals surface area contributed by atoms with Gasteiger partial charge in [-0.05, 0) is 69.5 Å². The highest BCUT2D eigenvalue weighted by molar-refractivity contribution is 4.88. The van der Waals surface area contributed by atoms with Crippen molar-refractivity contribution in [2.75, 3.05) is 19.6 Å². The summed E-state index contributed by atoms with van der Waals surface area (Å²) in [5.74, 6) is 2.65. The molecule has 0 aromatic carbocycles. The summed E-state index contributed by atoms with van der Waals surface area (Å²) in [5.41, 5.74) is 0. The van der Waals surface area contributed by atoms with Crippen LogP contribution in [0.5, 0.6) is 0 Å². The van der Waals surface area contributed by atoms with Gasteiger partial charge < -0.3 is 10.2 Å². The third-order valence-electron chi connectivity index (χ3n) is 5.74. The first kappa shape index (κ1) is 16.3. The molecule has 1 aliphatic carbocycles. The fourth-order valence-electron chi connectivity index (χ4n) is 4.34. The lowest BCUT2D eigenvalue weighted by molar-refractivity contribution is 0.155. The van der Waals surface area contributed by atoms with Crippen LogP contribution in [-0.4, -0.2) is 36.6 Å². The normalized spacial score (nSPS) is 37.0. The van der Waals surface area contributed by atoms with E-state index < -0.39 is 0 Å². The highest BCUT2D eigenvalue weighted by atomic mass is 15.1. The van der Waals surface area contributed by atoms with Gasteiger partial charge in [0.1, 0.15) is 0 Å². The van der Waals surface area contributed by atoms with Crippen molar-refractivity contribution in [3.05, 3.63) is 0 Å². The van der Waals surface area contributed by atoms with Crippen molar-refractivity contribution in [1.82, 2.24) is 10.2 Å². The molecule has 1 aliphatic heterocycles. The van der Waals surface area contributed by atoms with E-state index in [0.29, 0.717) is 0 Å². The van der Waals surface area contributed by atoms with Gasteiger partial charge in [-0.2, -0.15) is 0 Å². The van der Waals surface area contributed by atoms with Crippen molar-refractivity contribution < 1.29 is 0 Å². The summed E-state index contributed by atoms with van der Waals surface area (Å²) in [7, 11) is 0. The van der Waals surface area contributed by atoms with Crippen molar-refractivity contribution in [2.45, 2.75) is 78.3 Å². The molecule has 2 aliphatic rings. The number of hydrogen-bond acceptors (Lipinski definition) is 2. The average Bonchev–Trinajstić information content (AvgIpc) is 2.63. The van der Waals surface area contributed by atoms with Crippen LogP contribution >= 0.6 is 0 Å². The molecule has 4 atom stereocenters. The first-order valence-corrected chi connectivity index (χ1v) is 9.08. The lowest BCUT2D eigenvalue weighted by Gasteiger charge is -2.40. The quantitative estimate of drug-likeness (QED) is 0.840. The minimum atomic E-state index is 0.767. The van der Waals surface area contributed by atoms with Gasteiger partial charge in [0.25, 0.3) is 0 Å². The molecular formula is C18H36N2. The molecule has 118 valence electrons. The zero-order chi connectivity index (χ0) is 14.5. The van der Waals surface area contributed by atoms with Crippen molar-refractivity contribution in [3.63, 3.8) is 0 Å². The predicted molar refractivity (Wildman–Crippen MR) is 88.0 cm³/mol. The molecule has 4 unspecified atom stereocenters. The van der Waals surface area contributed by atoms with Gasteiger partial charge >= 0.3 is 0 Å². The van der Waals surface area contributed by atoms with Gasteiger partial charge in [-0.1, -0.05) is 34.1 Å². The molecule has 0 radical (unpaired) electrons. The Morgan fingerprint density at radius 1 is 1.10 bits per heavy atom. The lowest BCUT2D eigenvalue weighted by atomic mass is 9.73. The van der Waals surface area contributed by atoms with Crippen LogP contribution < -0.4 is 5.32 Å². The van der Waals surface area contributed by atoms with Gasteiger partial charge in [0.2, 0.25) is 0 Å². The molecule has 0 bridgehead atoms. The van der Waals surface area contributed by atoms with E-state index in [1.165, 1.54) is 58.2 Å². The summed E-state index contributed by atoms with van der Waals surface area (Å²) < 4.78 is 0. The van der Waals surface area contributed by atoms with Crippen molar-refractivity contribution in [1.29, 1.82) is 0 Å². The molecule has 1 saturated carbocycles. The van der Waals surface area contributed by atoms with E-state index in [0.717, 1.165) is 29.8 Å². The summed E-state index contributed by atoms with van der Waals surface area (Å²) in [5, 5.41) is 4.08. The van der Waals surface area contributed by atoms with Crippen LogP contribution in [0.15, 0.2) is 0 Å². The maximum Gasteiger partial charge on any atom is 0.0103 e. The fraction of sp³-hybridized carbons (Fsp3) is 1.00. The molecule has 20 heavy (non-hydrogen) atoms.